The molecule has 1 N–H and O–H groups in total. The molecule has 0 spiro atoms. The van der Waals surface area contributed by atoms with Crippen LogP contribution in [0.1, 0.15) is 11.3 Å². The van der Waals surface area contributed by atoms with Crippen LogP contribution in [0.4, 0.5) is 0 Å². The highest BCUT2D eigenvalue weighted by molar-refractivity contribution is 7.98. The molecule has 9 nitrogen and oxygen atoms in total. The Hall–Kier alpha value is -3.84. The van der Waals surface area contributed by atoms with Gasteiger partial charge in [-0.15, -0.1) is 16.8 Å². The second kappa shape index (κ2) is 8.26. The zero-order valence-corrected chi connectivity index (χ0v) is 16.9. The van der Waals surface area contributed by atoms with Crippen LogP contribution in [0, 0.1) is 11.3 Å². The van der Waals surface area contributed by atoms with E-state index < -0.39 is 0 Å². The number of benzene rings is 1. The monoisotopic (exact) mass is 419 g/mol. The molecular formula is C20H17N7O2S. The normalized spacial score (nSPS) is 10.8. The standard InChI is InChI=1S/C20H17N7O2S/c1-3-8-26-19(15-6-4-5-7-16(15)29-2)24-25-20(26)30-12-14-9-17(28)27-18(23-14)13(10-21)11-22-27/h3-7,9,11,22H,1,8,12H2,2H3. The van der Waals surface area contributed by atoms with Gasteiger partial charge in [0.05, 0.1) is 18.4 Å². The number of nitriles is 1. The maximum absolute atomic E-state index is 12.3. The highest BCUT2D eigenvalue weighted by atomic mass is 32.2. The lowest BCUT2D eigenvalue weighted by atomic mass is 10.2. The van der Waals surface area contributed by atoms with E-state index in [1.807, 2.05) is 34.9 Å². The second-order valence-corrected chi connectivity index (χ2v) is 7.18. The van der Waals surface area contributed by atoms with E-state index in [1.54, 1.807) is 13.2 Å². The summed E-state index contributed by atoms with van der Waals surface area (Å²) in [6, 6.07) is 11.1. The van der Waals surface area contributed by atoms with Gasteiger partial charge in [-0.3, -0.25) is 14.5 Å². The Morgan fingerprint density at radius 1 is 1.37 bits per heavy atom. The summed E-state index contributed by atoms with van der Waals surface area (Å²) in [6.45, 7) is 4.33. The first kappa shape index (κ1) is 19.5. The first-order valence-electron chi connectivity index (χ1n) is 8.96. The third-order valence-corrected chi connectivity index (χ3v) is 5.40. The van der Waals surface area contributed by atoms with Crippen LogP contribution in [-0.2, 0) is 12.3 Å². The number of aromatic amines is 1. The van der Waals surface area contributed by atoms with Crippen molar-refractivity contribution in [1.29, 1.82) is 5.26 Å². The number of thioether (sulfide) groups is 1. The molecule has 0 aliphatic heterocycles. The van der Waals surface area contributed by atoms with Crippen LogP contribution in [0.15, 0.2) is 59.1 Å². The SMILES string of the molecule is C=CCn1c(SCc2cc(=O)n3[nH]cc(C#N)c3n2)nnc1-c1ccccc1OC. The summed E-state index contributed by atoms with van der Waals surface area (Å²) in [7, 11) is 1.61. The van der Waals surface area contributed by atoms with Crippen LogP contribution < -0.4 is 10.3 Å². The number of aromatic nitrogens is 6. The Morgan fingerprint density at radius 3 is 2.97 bits per heavy atom. The lowest BCUT2D eigenvalue weighted by Gasteiger charge is -2.10. The molecule has 30 heavy (non-hydrogen) atoms. The number of H-pyrrole nitrogens is 1. The van der Waals surface area contributed by atoms with Crippen molar-refractivity contribution in [3.8, 4) is 23.2 Å². The molecule has 4 rings (SSSR count). The number of nitrogens with zero attached hydrogens (tertiary/aromatic N) is 6. The maximum Gasteiger partial charge on any atom is 0.272 e. The molecule has 0 fully saturated rings. The number of allylic oxidation sites excluding steroid dienone is 1. The van der Waals surface area contributed by atoms with Gasteiger partial charge in [0.25, 0.3) is 5.56 Å². The van der Waals surface area contributed by atoms with E-state index in [0.29, 0.717) is 45.9 Å². The van der Waals surface area contributed by atoms with Crippen LogP contribution in [0.25, 0.3) is 17.0 Å². The molecule has 150 valence electrons. The van der Waals surface area contributed by atoms with Crippen molar-refractivity contribution < 1.29 is 4.74 Å². The van der Waals surface area contributed by atoms with Crippen LogP contribution in [-0.4, -0.2) is 36.5 Å². The van der Waals surface area contributed by atoms with E-state index in [2.05, 4.69) is 26.9 Å². The Labute approximate surface area is 175 Å². The summed E-state index contributed by atoms with van der Waals surface area (Å²) >= 11 is 1.40. The van der Waals surface area contributed by atoms with Crippen LogP contribution >= 0.6 is 11.8 Å². The molecule has 1 aromatic carbocycles. The zero-order chi connectivity index (χ0) is 21.1. The highest BCUT2D eigenvalue weighted by Gasteiger charge is 2.17. The van der Waals surface area contributed by atoms with Gasteiger partial charge >= 0.3 is 0 Å². The van der Waals surface area contributed by atoms with Crippen molar-refractivity contribution in [3.05, 3.63) is 70.8 Å². The molecule has 0 saturated heterocycles. The summed E-state index contributed by atoms with van der Waals surface area (Å²) in [5.41, 5.74) is 1.72. The van der Waals surface area contributed by atoms with Crippen LogP contribution in [0.2, 0.25) is 0 Å². The lowest BCUT2D eigenvalue weighted by molar-refractivity contribution is 0.416. The Morgan fingerprint density at radius 2 is 2.20 bits per heavy atom. The number of rotatable bonds is 7. The van der Waals surface area contributed by atoms with Crippen molar-refractivity contribution >= 4 is 17.4 Å². The number of ether oxygens (including phenoxy) is 1. The van der Waals surface area contributed by atoms with Gasteiger partial charge in [0.1, 0.15) is 17.4 Å². The molecule has 0 bridgehead atoms. The van der Waals surface area contributed by atoms with Crippen molar-refractivity contribution in [3.63, 3.8) is 0 Å². The van der Waals surface area contributed by atoms with Gasteiger partial charge in [0.2, 0.25) is 0 Å². The van der Waals surface area contributed by atoms with Crippen LogP contribution in [0.3, 0.4) is 0 Å². The van der Waals surface area contributed by atoms with E-state index in [1.165, 1.54) is 28.5 Å². The lowest BCUT2D eigenvalue weighted by Crippen LogP contribution is -2.15. The zero-order valence-electron chi connectivity index (χ0n) is 16.1. The summed E-state index contributed by atoms with van der Waals surface area (Å²) in [5, 5.41) is 21.2. The summed E-state index contributed by atoms with van der Waals surface area (Å²) in [5.74, 6) is 1.75. The molecule has 4 aromatic rings. The van der Waals surface area contributed by atoms with E-state index in [0.717, 1.165) is 5.56 Å². The van der Waals surface area contributed by atoms with E-state index in [-0.39, 0.29) is 5.56 Å². The van der Waals surface area contributed by atoms with E-state index >= 15 is 0 Å². The van der Waals surface area contributed by atoms with Crippen molar-refractivity contribution in [2.75, 3.05) is 7.11 Å². The van der Waals surface area contributed by atoms with Gasteiger partial charge < -0.3 is 4.74 Å². The fourth-order valence-corrected chi connectivity index (χ4v) is 3.88. The minimum Gasteiger partial charge on any atom is -0.496 e. The molecule has 0 radical (unpaired) electrons. The fourth-order valence-electron chi connectivity index (χ4n) is 3.04. The molecule has 0 saturated carbocycles. The second-order valence-electron chi connectivity index (χ2n) is 6.24. The van der Waals surface area contributed by atoms with Gasteiger partial charge in [-0.05, 0) is 12.1 Å². The smallest absolute Gasteiger partial charge is 0.272 e. The van der Waals surface area contributed by atoms with Gasteiger partial charge in [-0.1, -0.05) is 30.0 Å². The number of hydrogen-bond donors (Lipinski definition) is 1. The topological polar surface area (TPSA) is 114 Å². The van der Waals surface area contributed by atoms with Gasteiger partial charge in [0.15, 0.2) is 16.6 Å². The average Bonchev–Trinajstić information content (AvgIpc) is 3.36. The molecular weight excluding hydrogens is 402 g/mol. The molecule has 3 aromatic heterocycles. The van der Waals surface area contributed by atoms with Gasteiger partial charge in [0, 0.05) is 24.6 Å². The number of hydrogen-bond acceptors (Lipinski definition) is 7. The molecule has 0 aliphatic carbocycles. The maximum atomic E-state index is 12.3. The Kier molecular flexibility index (Phi) is 5.36. The van der Waals surface area contributed by atoms with Crippen molar-refractivity contribution in [2.45, 2.75) is 17.5 Å². The van der Waals surface area contributed by atoms with Gasteiger partial charge in [-0.2, -0.15) is 5.26 Å². The minimum absolute atomic E-state index is 0.278. The first-order chi connectivity index (χ1) is 14.7. The molecule has 0 amide bonds. The number of methoxy groups -OCH3 is 1. The van der Waals surface area contributed by atoms with Crippen molar-refractivity contribution in [2.24, 2.45) is 0 Å². The fraction of sp³-hybridized carbons (Fsp3) is 0.150. The Balaban J connectivity index is 1.67. The quantitative estimate of drug-likeness (QED) is 0.362. The minimum atomic E-state index is -0.278. The summed E-state index contributed by atoms with van der Waals surface area (Å²) in [4.78, 5) is 16.7. The van der Waals surface area contributed by atoms with E-state index in [4.69, 9.17) is 4.74 Å². The molecule has 0 unspecified atom stereocenters. The third-order valence-electron chi connectivity index (χ3n) is 4.40. The predicted octanol–water partition coefficient (Wildman–Crippen LogP) is 2.64. The highest BCUT2D eigenvalue weighted by Crippen LogP contribution is 2.31. The number of para-hydroxylation sites is 1. The molecule has 3 heterocycles. The van der Waals surface area contributed by atoms with Crippen molar-refractivity contribution in [1.82, 2.24) is 29.4 Å². The first-order valence-corrected chi connectivity index (χ1v) is 9.95. The summed E-state index contributed by atoms with van der Waals surface area (Å²) < 4.78 is 8.62. The number of fused-ring (bicyclic) bond motifs is 1. The Bertz CT molecular complexity index is 1330. The predicted molar refractivity (Wildman–Crippen MR) is 112 cm³/mol. The molecule has 0 aliphatic rings. The molecule has 10 heteroatoms. The largest absolute Gasteiger partial charge is 0.496 e. The van der Waals surface area contributed by atoms with Crippen LogP contribution in [0.5, 0.6) is 5.75 Å². The third kappa shape index (κ3) is 3.46. The molecule has 0 atom stereocenters. The van der Waals surface area contributed by atoms with Gasteiger partial charge in [-0.25, -0.2) is 9.50 Å². The average molecular weight is 419 g/mol. The number of nitrogens with one attached hydrogen (secondary N) is 1. The van der Waals surface area contributed by atoms with E-state index in [9.17, 15) is 10.1 Å². The summed E-state index contributed by atoms with van der Waals surface area (Å²) in [6.07, 6.45) is 3.23.